The van der Waals surface area contributed by atoms with Gasteiger partial charge in [0.05, 0.1) is 30.6 Å². The highest BCUT2D eigenvalue weighted by Gasteiger charge is 2.67. The zero-order chi connectivity index (χ0) is 28.3. The fraction of sp³-hybridized carbons (Fsp3) is 0.733. The number of ketones is 1. The van der Waals surface area contributed by atoms with Gasteiger partial charge >= 0.3 is 0 Å². The molecule has 0 aliphatic heterocycles. The minimum atomic E-state index is -1.21. The number of carbonyl (C=O) groups is 2. The van der Waals surface area contributed by atoms with E-state index in [0.717, 1.165) is 18.4 Å². The fourth-order valence-electron chi connectivity index (χ4n) is 8.78. The molecule has 2 unspecified atom stereocenters. The molecular formula is C30H43NO8. The van der Waals surface area contributed by atoms with Gasteiger partial charge in [-0.25, -0.2) is 0 Å². The van der Waals surface area contributed by atoms with Gasteiger partial charge in [0.15, 0.2) is 17.8 Å². The number of rotatable bonds is 7. The molecule has 4 aliphatic carbocycles. The summed E-state index contributed by atoms with van der Waals surface area (Å²) in [5, 5.41) is 33.4. The first-order valence-corrected chi connectivity index (χ1v) is 14.2. The number of allylic oxidation sites excluding steroid dienone is 1. The average molecular weight is 546 g/mol. The lowest BCUT2D eigenvalue weighted by Gasteiger charge is -2.60. The van der Waals surface area contributed by atoms with Crippen LogP contribution in [0.1, 0.15) is 69.9 Å². The lowest BCUT2D eigenvalue weighted by Crippen LogP contribution is -2.62. The Bertz CT molecular complexity index is 1110. The van der Waals surface area contributed by atoms with E-state index < -0.39 is 34.9 Å². The molecule has 39 heavy (non-hydrogen) atoms. The molecule has 1 aromatic heterocycles. The summed E-state index contributed by atoms with van der Waals surface area (Å²) in [6.07, 6.45) is 3.95. The summed E-state index contributed by atoms with van der Waals surface area (Å²) < 4.78 is 16.3. The van der Waals surface area contributed by atoms with Gasteiger partial charge in [0, 0.05) is 31.6 Å². The van der Waals surface area contributed by atoms with Crippen LogP contribution in [0.5, 0.6) is 0 Å². The Labute approximate surface area is 230 Å². The molecule has 0 saturated heterocycles. The molecule has 0 aromatic carbocycles. The van der Waals surface area contributed by atoms with E-state index in [1.54, 1.807) is 23.1 Å². The van der Waals surface area contributed by atoms with Crippen LogP contribution >= 0.6 is 0 Å². The molecule has 4 aliphatic rings. The Hall–Kier alpha value is -2.04. The largest absolute Gasteiger partial charge is 0.459 e. The van der Waals surface area contributed by atoms with E-state index in [1.165, 1.54) is 20.5 Å². The molecular weight excluding hydrogens is 502 g/mol. The number of aliphatic hydroxyl groups excluding tert-OH is 2. The maximum absolute atomic E-state index is 13.6. The summed E-state index contributed by atoms with van der Waals surface area (Å²) in [5.41, 5.74) is -1.54. The van der Waals surface area contributed by atoms with Crippen molar-refractivity contribution in [2.24, 2.45) is 28.6 Å². The summed E-state index contributed by atoms with van der Waals surface area (Å²) in [5.74, 6) is -0.584. The number of methoxy groups -OCH3 is 2. The SMILES string of the molecule is COC(CN(C(=O)c1ccco1)C(C)[C@H]1CC[C@@]2(O)C3=CC(=O)[C@@H]4C[C@@H](O)[C@@H](O)C[C@]4(C)C3CC[C@]12C)OC. The van der Waals surface area contributed by atoms with Gasteiger partial charge in [-0.1, -0.05) is 13.8 Å². The molecule has 9 atom stereocenters. The number of amides is 1. The van der Waals surface area contributed by atoms with Gasteiger partial charge in [-0.05, 0) is 86.5 Å². The lowest BCUT2D eigenvalue weighted by atomic mass is 9.46. The zero-order valence-corrected chi connectivity index (χ0v) is 23.6. The highest BCUT2D eigenvalue weighted by Crippen LogP contribution is 2.67. The molecule has 3 fully saturated rings. The van der Waals surface area contributed by atoms with Gasteiger partial charge in [-0.3, -0.25) is 9.59 Å². The molecule has 1 aromatic rings. The zero-order valence-electron chi connectivity index (χ0n) is 23.6. The summed E-state index contributed by atoms with van der Waals surface area (Å²) in [4.78, 5) is 28.8. The first kappa shape index (κ1) is 28.5. The molecule has 0 radical (unpaired) electrons. The Morgan fingerprint density at radius 1 is 1.15 bits per heavy atom. The van der Waals surface area contributed by atoms with E-state index in [1.807, 2.05) is 13.8 Å². The van der Waals surface area contributed by atoms with Crippen LogP contribution in [-0.4, -0.2) is 82.8 Å². The van der Waals surface area contributed by atoms with Crippen LogP contribution < -0.4 is 0 Å². The maximum Gasteiger partial charge on any atom is 0.289 e. The fourth-order valence-corrected chi connectivity index (χ4v) is 8.78. The van der Waals surface area contributed by atoms with Crippen LogP contribution in [-0.2, 0) is 14.3 Å². The smallest absolute Gasteiger partial charge is 0.289 e. The van der Waals surface area contributed by atoms with Gasteiger partial charge in [-0.2, -0.15) is 0 Å². The molecule has 0 spiro atoms. The second-order valence-corrected chi connectivity index (χ2v) is 12.7. The summed E-state index contributed by atoms with van der Waals surface area (Å²) in [6, 6.07) is 3.04. The first-order valence-electron chi connectivity index (χ1n) is 14.2. The van der Waals surface area contributed by atoms with Gasteiger partial charge in [-0.15, -0.1) is 0 Å². The minimum absolute atomic E-state index is 0.0540. The molecule has 0 bridgehead atoms. The van der Waals surface area contributed by atoms with Gasteiger partial charge in [0.1, 0.15) is 0 Å². The number of fused-ring (bicyclic) bond motifs is 5. The number of aliphatic hydroxyl groups is 3. The average Bonchev–Trinajstić information content (AvgIpc) is 3.53. The standard InChI is InChI=1S/C30H43NO8/c1-17(31(16-26(37-4)38-5)27(35)25-7-6-12-39-25)18-9-11-30(36)20-13-22(32)21-14-23(33)24(34)15-28(21,2)19(20)8-10-29(18,30)3/h6-7,12-13,17-19,21,23-24,26,33-34,36H,8-11,14-16H2,1-5H3/t17?,18-,19?,21+,23-,24+,28-,29-,30-/m1/s1. The highest BCUT2D eigenvalue weighted by atomic mass is 16.7. The summed E-state index contributed by atoms with van der Waals surface area (Å²) >= 11 is 0. The topological polar surface area (TPSA) is 130 Å². The third-order valence-corrected chi connectivity index (χ3v) is 11.1. The summed E-state index contributed by atoms with van der Waals surface area (Å²) in [6.45, 7) is 6.34. The summed E-state index contributed by atoms with van der Waals surface area (Å²) in [7, 11) is 3.07. The van der Waals surface area contributed by atoms with Crippen LogP contribution in [0.3, 0.4) is 0 Å². The normalized spacial score (nSPS) is 40.5. The third kappa shape index (κ3) is 4.23. The number of nitrogens with zero attached hydrogens (tertiary/aromatic N) is 1. The van der Waals surface area contributed by atoms with E-state index in [0.29, 0.717) is 19.3 Å². The minimum Gasteiger partial charge on any atom is -0.459 e. The Morgan fingerprint density at radius 2 is 1.87 bits per heavy atom. The van der Waals surface area contributed by atoms with Crippen molar-refractivity contribution in [3.05, 3.63) is 35.8 Å². The first-order chi connectivity index (χ1) is 18.4. The lowest BCUT2D eigenvalue weighted by molar-refractivity contribution is -0.154. The predicted molar refractivity (Wildman–Crippen MR) is 141 cm³/mol. The van der Waals surface area contributed by atoms with E-state index in [9.17, 15) is 24.9 Å². The van der Waals surface area contributed by atoms with Crippen LogP contribution in [0.25, 0.3) is 0 Å². The molecule has 9 heteroatoms. The second kappa shape index (κ2) is 10.1. The quantitative estimate of drug-likeness (QED) is 0.446. The van der Waals surface area contributed by atoms with E-state index in [4.69, 9.17) is 13.9 Å². The van der Waals surface area contributed by atoms with Crippen molar-refractivity contribution in [1.82, 2.24) is 4.90 Å². The monoisotopic (exact) mass is 545 g/mol. The Kier molecular flexibility index (Phi) is 7.38. The van der Waals surface area contributed by atoms with Crippen LogP contribution in [0, 0.1) is 28.6 Å². The van der Waals surface area contributed by atoms with Crippen molar-refractivity contribution in [1.29, 1.82) is 0 Å². The van der Waals surface area contributed by atoms with Crippen molar-refractivity contribution in [3.8, 4) is 0 Å². The Balaban J connectivity index is 1.48. The van der Waals surface area contributed by atoms with Crippen molar-refractivity contribution in [3.63, 3.8) is 0 Å². The van der Waals surface area contributed by atoms with E-state index >= 15 is 0 Å². The number of hydrogen-bond acceptors (Lipinski definition) is 8. The molecule has 1 heterocycles. The van der Waals surface area contributed by atoms with Gasteiger partial charge < -0.3 is 34.1 Å². The molecule has 216 valence electrons. The van der Waals surface area contributed by atoms with E-state index in [-0.39, 0.29) is 54.2 Å². The van der Waals surface area contributed by atoms with E-state index in [2.05, 4.69) is 6.92 Å². The molecule has 1 amide bonds. The highest BCUT2D eigenvalue weighted by molar-refractivity contribution is 5.95. The van der Waals surface area contributed by atoms with Crippen LogP contribution in [0.4, 0.5) is 0 Å². The molecule has 5 rings (SSSR count). The van der Waals surface area contributed by atoms with Crippen molar-refractivity contribution in [2.75, 3.05) is 20.8 Å². The van der Waals surface area contributed by atoms with Crippen LogP contribution in [0.2, 0.25) is 0 Å². The van der Waals surface area contributed by atoms with Gasteiger partial charge in [0.25, 0.3) is 5.91 Å². The van der Waals surface area contributed by atoms with Crippen molar-refractivity contribution >= 4 is 11.7 Å². The third-order valence-electron chi connectivity index (χ3n) is 11.1. The molecule has 3 N–H and O–H groups in total. The second-order valence-electron chi connectivity index (χ2n) is 12.7. The van der Waals surface area contributed by atoms with Crippen molar-refractivity contribution in [2.45, 2.75) is 89.4 Å². The molecule has 9 nitrogen and oxygen atoms in total. The number of hydrogen-bond donors (Lipinski definition) is 3. The van der Waals surface area contributed by atoms with Crippen LogP contribution in [0.15, 0.2) is 34.5 Å². The number of carbonyl (C=O) groups excluding carboxylic acids is 2. The number of ether oxygens (including phenoxy) is 2. The molecule has 3 saturated carbocycles. The van der Waals surface area contributed by atoms with Crippen molar-refractivity contribution < 1.29 is 38.8 Å². The maximum atomic E-state index is 13.6. The van der Waals surface area contributed by atoms with Gasteiger partial charge in [0.2, 0.25) is 0 Å². The predicted octanol–water partition coefficient (Wildman–Crippen LogP) is 2.93. The number of furan rings is 1. The Morgan fingerprint density at radius 3 is 2.51 bits per heavy atom.